The summed E-state index contributed by atoms with van der Waals surface area (Å²) >= 11 is 0. The van der Waals surface area contributed by atoms with Crippen molar-refractivity contribution in [2.45, 2.75) is 32.6 Å². The molecule has 0 amide bonds. The van der Waals surface area contributed by atoms with Crippen LogP contribution in [0.5, 0.6) is 0 Å². The Balaban J connectivity index is 2.30. The zero-order chi connectivity index (χ0) is 14.8. The minimum atomic E-state index is -4.40. The summed E-state index contributed by atoms with van der Waals surface area (Å²) in [4.78, 5) is 4.12. The fraction of sp³-hybridized carbons (Fsp3) is 0.385. The number of aromatic nitrogens is 3. The first-order valence-corrected chi connectivity index (χ1v) is 6.17. The maximum atomic E-state index is 12.6. The maximum absolute atomic E-state index is 12.6. The summed E-state index contributed by atoms with van der Waals surface area (Å²) < 4.78 is 38.9. The molecule has 20 heavy (non-hydrogen) atoms. The van der Waals surface area contributed by atoms with E-state index in [0.29, 0.717) is 12.4 Å². The first-order valence-electron chi connectivity index (χ1n) is 6.17. The van der Waals surface area contributed by atoms with Gasteiger partial charge in [-0.15, -0.1) is 0 Å². The number of alkyl halides is 3. The van der Waals surface area contributed by atoms with Crippen LogP contribution in [-0.4, -0.2) is 20.8 Å². The number of hydrogen-bond donors (Lipinski definition) is 1. The Morgan fingerprint density at radius 3 is 2.70 bits per heavy atom. The maximum Gasteiger partial charge on any atom is 0.419 e. The Bertz CT molecular complexity index is 575. The molecule has 0 aromatic carbocycles. The van der Waals surface area contributed by atoms with E-state index in [9.17, 15) is 13.2 Å². The zero-order valence-corrected chi connectivity index (χ0v) is 11.1. The number of nitrogens with one attached hydrogen (secondary N) is 1. The van der Waals surface area contributed by atoms with E-state index in [1.807, 2.05) is 19.9 Å². The van der Waals surface area contributed by atoms with Gasteiger partial charge < -0.3 is 5.32 Å². The third kappa shape index (κ3) is 3.36. The average molecular weight is 284 g/mol. The van der Waals surface area contributed by atoms with E-state index < -0.39 is 11.7 Å². The van der Waals surface area contributed by atoms with Gasteiger partial charge in [-0.2, -0.15) is 18.3 Å². The van der Waals surface area contributed by atoms with Crippen LogP contribution in [0, 0.1) is 0 Å². The molecule has 2 heterocycles. The van der Waals surface area contributed by atoms with Gasteiger partial charge in [-0.1, -0.05) is 19.9 Å². The number of rotatable bonds is 4. The van der Waals surface area contributed by atoms with Crippen molar-refractivity contribution in [3.05, 3.63) is 41.9 Å². The molecule has 0 aliphatic carbocycles. The van der Waals surface area contributed by atoms with Gasteiger partial charge in [-0.3, -0.25) is 0 Å². The number of hydrogen-bond acceptors (Lipinski definition) is 3. The third-order valence-electron chi connectivity index (χ3n) is 2.70. The molecule has 0 spiro atoms. The van der Waals surface area contributed by atoms with E-state index in [0.717, 1.165) is 22.6 Å². The predicted molar refractivity (Wildman–Crippen MR) is 68.3 cm³/mol. The quantitative estimate of drug-likeness (QED) is 0.938. The van der Waals surface area contributed by atoms with Crippen LogP contribution < -0.4 is 5.32 Å². The largest absolute Gasteiger partial charge is 0.419 e. The predicted octanol–water partition coefficient (Wildman–Crippen LogP) is 2.78. The molecule has 1 N–H and O–H groups in total. The van der Waals surface area contributed by atoms with Crippen molar-refractivity contribution < 1.29 is 13.2 Å². The lowest BCUT2D eigenvalue weighted by Crippen LogP contribution is -2.23. The summed E-state index contributed by atoms with van der Waals surface area (Å²) in [6, 6.07) is 3.83. The van der Waals surface area contributed by atoms with Crippen LogP contribution in [0.1, 0.15) is 25.0 Å². The average Bonchev–Trinajstić information content (AvgIpc) is 2.86. The van der Waals surface area contributed by atoms with Crippen LogP contribution >= 0.6 is 0 Å². The van der Waals surface area contributed by atoms with Gasteiger partial charge in [-0.05, 0) is 6.07 Å². The van der Waals surface area contributed by atoms with Gasteiger partial charge in [0.1, 0.15) is 0 Å². The van der Waals surface area contributed by atoms with Crippen LogP contribution in [0.2, 0.25) is 0 Å². The minimum absolute atomic E-state index is 0.270. The Morgan fingerprint density at radius 2 is 2.10 bits per heavy atom. The fourth-order valence-corrected chi connectivity index (χ4v) is 1.67. The summed E-state index contributed by atoms with van der Waals surface area (Å²) in [5, 5.41) is 6.95. The molecule has 2 aromatic rings. The molecule has 4 nitrogen and oxygen atoms in total. The van der Waals surface area contributed by atoms with E-state index in [-0.39, 0.29) is 6.04 Å². The molecule has 0 fully saturated rings. The van der Waals surface area contributed by atoms with Crippen molar-refractivity contribution in [1.82, 2.24) is 20.1 Å². The van der Waals surface area contributed by atoms with Gasteiger partial charge in [0, 0.05) is 30.5 Å². The van der Waals surface area contributed by atoms with Crippen molar-refractivity contribution in [2.24, 2.45) is 0 Å². The first kappa shape index (κ1) is 14.5. The molecule has 0 saturated carbocycles. The summed E-state index contributed by atoms with van der Waals surface area (Å²) in [5.41, 5.74) is 0.00365. The standard InChI is InChI=1S/C13H15F3N4/c1-9(2)18-6-10-4-3-5-17-12(10)20-8-11(7-19-20)13(14,15)16/h3-5,7-9,18H,6H2,1-2H3. The Morgan fingerprint density at radius 1 is 1.35 bits per heavy atom. The molecular weight excluding hydrogens is 269 g/mol. The minimum Gasteiger partial charge on any atom is -0.310 e. The second kappa shape index (κ2) is 5.62. The van der Waals surface area contributed by atoms with Crippen molar-refractivity contribution in [2.75, 3.05) is 0 Å². The molecule has 0 unspecified atom stereocenters. The van der Waals surface area contributed by atoms with Crippen LogP contribution in [0.3, 0.4) is 0 Å². The molecule has 0 saturated heterocycles. The summed E-state index contributed by atoms with van der Waals surface area (Å²) in [5.74, 6) is 0.399. The second-order valence-electron chi connectivity index (χ2n) is 4.69. The van der Waals surface area contributed by atoms with Gasteiger partial charge >= 0.3 is 6.18 Å². The van der Waals surface area contributed by atoms with Crippen LogP contribution in [0.4, 0.5) is 13.2 Å². The van der Waals surface area contributed by atoms with Crippen molar-refractivity contribution in [3.63, 3.8) is 0 Å². The number of pyridine rings is 1. The van der Waals surface area contributed by atoms with Gasteiger partial charge in [0.2, 0.25) is 0 Å². The number of halogens is 3. The second-order valence-corrected chi connectivity index (χ2v) is 4.69. The van der Waals surface area contributed by atoms with Crippen LogP contribution in [0.15, 0.2) is 30.7 Å². The molecule has 0 bridgehead atoms. The highest BCUT2D eigenvalue weighted by atomic mass is 19.4. The highest BCUT2D eigenvalue weighted by Crippen LogP contribution is 2.29. The van der Waals surface area contributed by atoms with E-state index in [2.05, 4.69) is 15.4 Å². The molecule has 0 atom stereocenters. The first-order chi connectivity index (χ1) is 9.38. The zero-order valence-electron chi connectivity index (χ0n) is 11.1. The molecule has 0 aliphatic rings. The van der Waals surface area contributed by atoms with Crippen LogP contribution in [0.25, 0.3) is 5.82 Å². The Hall–Kier alpha value is -1.89. The SMILES string of the molecule is CC(C)NCc1cccnc1-n1cc(C(F)(F)F)cn1. The molecule has 2 aromatic heterocycles. The van der Waals surface area contributed by atoms with Gasteiger partial charge in [-0.25, -0.2) is 9.67 Å². The Kier molecular flexibility index (Phi) is 4.08. The number of nitrogens with zero attached hydrogens (tertiary/aromatic N) is 3. The smallest absolute Gasteiger partial charge is 0.310 e. The van der Waals surface area contributed by atoms with E-state index in [4.69, 9.17) is 0 Å². The highest BCUT2D eigenvalue weighted by molar-refractivity contribution is 5.33. The third-order valence-corrected chi connectivity index (χ3v) is 2.70. The fourth-order valence-electron chi connectivity index (χ4n) is 1.67. The van der Waals surface area contributed by atoms with Gasteiger partial charge in [0.25, 0.3) is 0 Å². The van der Waals surface area contributed by atoms with Crippen LogP contribution in [-0.2, 0) is 12.7 Å². The summed E-state index contributed by atoms with van der Waals surface area (Å²) in [6.07, 6.45) is -1.12. The van der Waals surface area contributed by atoms with Crippen molar-refractivity contribution in [1.29, 1.82) is 0 Å². The lowest BCUT2D eigenvalue weighted by Gasteiger charge is -2.11. The van der Waals surface area contributed by atoms with Crippen molar-refractivity contribution >= 4 is 0 Å². The topological polar surface area (TPSA) is 42.7 Å². The van der Waals surface area contributed by atoms with E-state index in [1.54, 1.807) is 6.07 Å². The lowest BCUT2D eigenvalue weighted by molar-refractivity contribution is -0.137. The highest BCUT2D eigenvalue weighted by Gasteiger charge is 2.32. The lowest BCUT2D eigenvalue weighted by atomic mass is 10.2. The normalized spacial score (nSPS) is 12.1. The van der Waals surface area contributed by atoms with Gasteiger partial charge in [0.15, 0.2) is 5.82 Å². The molecule has 2 rings (SSSR count). The monoisotopic (exact) mass is 284 g/mol. The Labute approximate surface area is 114 Å². The van der Waals surface area contributed by atoms with E-state index >= 15 is 0 Å². The van der Waals surface area contributed by atoms with Crippen molar-refractivity contribution in [3.8, 4) is 5.82 Å². The van der Waals surface area contributed by atoms with E-state index in [1.165, 1.54) is 6.20 Å². The molecule has 7 heteroatoms. The molecular formula is C13H15F3N4. The molecule has 108 valence electrons. The summed E-state index contributed by atoms with van der Waals surface area (Å²) in [7, 11) is 0. The van der Waals surface area contributed by atoms with Gasteiger partial charge in [0.05, 0.1) is 11.8 Å². The molecule has 0 aliphatic heterocycles. The molecule has 0 radical (unpaired) electrons. The summed E-state index contributed by atoms with van der Waals surface area (Å²) in [6.45, 7) is 4.50.